The number of carbonyl (C=O) groups excluding carboxylic acids is 1. The molecule has 1 amide bonds. The molecule has 92 valence electrons. The highest BCUT2D eigenvalue weighted by Gasteiger charge is 2.44. The van der Waals surface area contributed by atoms with Crippen LogP contribution in [0, 0.1) is 0 Å². The van der Waals surface area contributed by atoms with Crippen LogP contribution >= 0.6 is 0 Å². The number of hydrogen-bond donors (Lipinski definition) is 1. The molecule has 2 rings (SSSR count). The van der Waals surface area contributed by atoms with Crippen LogP contribution in [0.3, 0.4) is 0 Å². The molecule has 2 saturated heterocycles. The van der Waals surface area contributed by atoms with Crippen LogP contribution in [0.4, 0.5) is 0 Å². The molecule has 16 heavy (non-hydrogen) atoms. The van der Waals surface area contributed by atoms with E-state index < -0.39 is 0 Å². The molecule has 2 aliphatic heterocycles. The molecule has 0 saturated carbocycles. The molecule has 0 radical (unpaired) electrons. The molecular weight excluding hydrogens is 204 g/mol. The average Bonchev–Trinajstić information content (AvgIpc) is 2.82. The van der Waals surface area contributed by atoms with Crippen molar-refractivity contribution in [3.8, 4) is 0 Å². The van der Waals surface area contributed by atoms with Crippen LogP contribution in [-0.2, 0) is 9.53 Å². The van der Waals surface area contributed by atoms with Gasteiger partial charge < -0.3 is 9.64 Å². The first-order valence-corrected chi connectivity index (χ1v) is 6.38. The quantitative estimate of drug-likeness (QED) is 0.784. The summed E-state index contributed by atoms with van der Waals surface area (Å²) >= 11 is 0. The lowest BCUT2D eigenvalue weighted by Gasteiger charge is -2.31. The highest BCUT2D eigenvalue weighted by atomic mass is 16.5. The Hall–Kier alpha value is -0.610. The molecule has 4 unspecified atom stereocenters. The van der Waals surface area contributed by atoms with E-state index >= 15 is 0 Å². The smallest absolute Gasteiger partial charge is 0.241 e. The summed E-state index contributed by atoms with van der Waals surface area (Å²) in [6, 6.07) is 0.277. The number of nitrogens with zero attached hydrogens (tertiary/aromatic N) is 1. The maximum atomic E-state index is 12.2. The Bertz CT molecular complexity index is 270. The molecule has 0 aliphatic carbocycles. The summed E-state index contributed by atoms with van der Waals surface area (Å²) in [5, 5.41) is 3.41. The minimum absolute atomic E-state index is 0.0118. The van der Waals surface area contributed by atoms with Crippen LogP contribution < -0.4 is 5.32 Å². The maximum absolute atomic E-state index is 12.2. The van der Waals surface area contributed by atoms with Crippen molar-refractivity contribution < 1.29 is 9.53 Å². The van der Waals surface area contributed by atoms with Gasteiger partial charge in [-0.05, 0) is 26.2 Å². The van der Waals surface area contributed by atoms with Crippen molar-refractivity contribution in [1.82, 2.24) is 10.2 Å². The summed E-state index contributed by atoms with van der Waals surface area (Å²) in [7, 11) is 0. The SMILES string of the molecule is CCC1NC(CC)N(C2CCOC2C)C1=O. The summed E-state index contributed by atoms with van der Waals surface area (Å²) in [5.74, 6) is 0.261. The van der Waals surface area contributed by atoms with Crippen LogP contribution in [0.2, 0.25) is 0 Å². The normalized spacial score (nSPS) is 39.7. The zero-order chi connectivity index (χ0) is 11.7. The monoisotopic (exact) mass is 226 g/mol. The van der Waals surface area contributed by atoms with E-state index in [9.17, 15) is 4.79 Å². The Morgan fingerprint density at radius 1 is 1.44 bits per heavy atom. The van der Waals surface area contributed by atoms with Gasteiger partial charge >= 0.3 is 0 Å². The third-order valence-electron chi connectivity index (χ3n) is 3.77. The minimum Gasteiger partial charge on any atom is -0.376 e. The van der Waals surface area contributed by atoms with E-state index in [0.29, 0.717) is 0 Å². The summed E-state index contributed by atoms with van der Waals surface area (Å²) in [6.45, 7) is 7.02. The lowest BCUT2D eigenvalue weighted by atomic mass is 10.1. The third kappa shape index (κ3) is 1.84. The molecule has 0 aromatic rings. The lowest BCUT2D eigenvalue weighted by molar-refractivity contribution is -0.133. The van der Waals surface area contributed by atoms with Gasteiger partial charge in [0.2, 0.25) is 5.91 Å². The highest BCUT2D eigenvalue weighted by Crippen LogP contribution is 2.26. The zero-order valence-electron chi connectivity index (χ0n) is 10.4. The van der Waals surface area contributed by atoms with Crippen LogP contribution in [-0.4, -0.2) is 41.8 Å². The van der Waals surface area contributed by atoms with Gasteiger partial charge in [-0.15, -0.1) is 0 Å². The second-order valence-electron chi connectivity index (χ2n) is 4.73. The first-order valence-electron chi connectivity index (χ1n) is 6.38. The van der Waals surface area contributed by atoms with E-state index in [1.807, 2.05) is 4.90 Å². The van der Waals surface area contributed by atoms with Crippen LogP contribution in [0.25, 0.3) is 0 Å². The van der Waals surface area contributed by atoms with Gasteiger partial charge in [0.25, 0.3) is 0 Å². The molecule has 0 aromatic carbocycles. The molecule has 4 nitrogen and oxygen atoms in total. The maximum Gasteiger partial charge on any atom is 0.241 e. The second kappa shape index (κ2) is 4.72. The van der Waals surface area contributed by atoms with E-state index in [1.54, 1.807) is 0 Å². The molecule has 0 spiro atoms. The predicted molar refractivity (Wildman–Crippen MR) is 62.0 cm³/mol. The lowest BCUT2D eigenvalue weighted by Crippen LogP contribution is -2.47. The third-order valence-corrected chi connectivity index (χ3v) is 3.77. The largest absolute Gasteiger partial charge is 0.376 e. The van der Waals surface area contributed by atoms with Crippen LogP contribution in [0.5, 0.6) is 0 Å². The van der Waals surface area contributed by atoms with Crippen molar-refractivity contribution in [2.24, 2.45) is 0 Å². The average molecular weight is 226 g/mol. The van der Waals surface area contributed by atoms with E-state index in [2.05, 4.69) is 26.1 Å². The molecule has 2 aliphatic rings. The fourth-order valence-corrected chi connectivity index (χ4v) is 2.80. The van der Waals surface area contributed by atoms with Crippen molar-refractivity contribution in [1.29, 1.82) is 0 Å². The van der Waals surface area contributed by atoms with Gasteiger partial charge in [-0.3, -0.25) is 10.1 Å². The first-order chi connectivity index (χ1) is 7.69. The van der Waals surface area contributed by atoms with E-state index in [-0.39, 0.29) is 30.3 Å². The molecule has 0 aromatic heterocycles. The first kappa shape index (κ1) is 11.9. The van der Waals surface area contributed by atoms with Crippen molar-refractivity contribution in [2.75, 3.05) is 6.61 Å². The van der Waals surface area contributed by atoms with Gasteiger partial charge in [0.15, 0.2) is 0 Å². The molecule has 4 atom stereocenters. The number of nitrogens with one attached hydrogen (secondary N) is 1. The Balaban J connectivity index is 2.14. The molecule has 1 N–H and O–H groups in total. The predicted octanol–water partition coefficient (Wildman–Crippen LogP) is 1.11. The highest BCUT2D eigenvalue weighted by molar-refractivity contribution is 5.84. The van der Waals surface area contributed by atoms with Gasteiger partial charge in [0.05, 0.1) is 24.4 Å². The van der Waals surface area contributed by atoms with E-state index in [0.717, 1.165) is 25.9 Å². The van der Waals surface area contributed by atoms with Gasteiger partial charge in [-0.25, -0.2) is 0 Å². The fourth-order valence-electron chi connectivity index (χ4n) is 2.80. The summed E-state index contributed by atoms with van der Waals surface area (Å²) in [5.41, 5.74) is 0. The summed E-state index contributed by atoms with van der Waals surface area (Å²) in [4.78, 5) is 14.3. The molecule has 0 bridgehead atoms. The number of rotatable bonds is 3. The molecule has 2 fully saturated rings. The second-order valence-corrected chi connectivity index (χ2v) is 4.73. The summed E-state index contributed by atoms with van der Waals surface area (Å²) < 4.78 is 5.57. The number of hydrogen-bond acceptors (Lipinski definition) is 3. The number of carbonyl (C=O) groups is 1. The Morgan fingerprint density at radius 3 is 2.69 bits per heavy atom. The van der Waals surface area contributed by atoms with Crippen molar-refractivity contribution >= 4 is 5.91 Å². The van der Waals surface area contributed by atoms with Crippen LogP contribution in [0.1, 0.15) is 40.0 Å². The standard InChI is InChI=1S/C12H22N2O2/c1-4-9-12(15)14(11(5-2)13-9)10-6-7-16-8(10)3/h8-11,13H,4-7H2,1-3H3. The fraction of sp³-hybridized carbons (Fsp3) is 0.917. The van der Waals surface area contributed by atoms with Gasteiger partial charge in [-0.1, -0.05) is 13.8 Å². The van der Waals surface area contributed by atoms with E-state index in [1.165, 1.54) is 0 Å². The molecule has 4 heteroatoms. The molecule has 2 heterocycles. The Kier molecular flexibility index (Phi) is 3.50. The minimum atomic E-state index is 0.0118. The van der Waals surface area contributed by atoms with E-state index in [4.69, 9.17) is 4.74 Å². The van der Waals surface area contributed by atoms with Crippen LogP contribution in [0.15, 0.2) is 0 Å². The van der Waals surface area contributed by atoms with Crippen molar-refractivity contribution in [3.05, 3.63) is 0 Å². The van der Waals surface area contributed by atoms with Crippen molar-refractivity contribution in [3.63, 3.8) is 0 Å². The topological polar surface area (TPSA) is 41.6 Å². The Morgan fingerprint density at radius 2 is 2.19 bits per heavy atom. The Labute approximate surface area is 97.3 Å². The number of amides is 1. The van der Waals surface area contributed by atoms with Gasteiger partial charge in [-0.2, -0.15) is 0 Å². The number of ether oxygens (including phenoxy) is 1. The zero-order valence-corrected chi connectivity index (χ0v) is 10.4. The van der Waals surface area contributed by atoms with Gasteiger partial charge in [0.1, 0.15) is 0 Å². The summed E-state index contributed by atoms with van der Waals surface area (Å²) in [6.07, 6.45) is 3.18. The van der Waals surface area contributed by atoms with Gasteiger partial charge in [0, 0.05) is 6.61 Å². The van der Waals surface area contributed by atoms with Crippen molar-refractivity contribution in [2.45, 2.75) is 64.4 Å². The molecular formula is C12H22N2O2.